The molecule has 2 aromatic carbocycles. The second-order valence-corrected chi connectivity index (χ2v) is 12.2. The summed E-state index contributed by atoms with van der Waals surface area (Å²) in [6.45, 7) is 7.53. The first kappa shape index (κ1) is 28.8. The zero-order valence-corrected chi connectivity index (χ0v) is 24.2. The number of ether oxygens (including phenoxy) is 2. The summed E-state index contributed by atoms with van der Waals surface area (Å²) in [5.41, 5.74) is -0.781. The van der Waals surface area contributed by atoms with E-state index in [-0.39, 0.29) is 30.2 Å². The SMILES string of the molecule is CC1CC23O[C@@]1(C)[C@H](C(=O)Nc1ccccc1)[C@H]2C(=O)N([C@H](CO)c1ccccc1)C3C(=O)NCCN1CCOCC1. The maximum atomic E-state index is 14.6. The number of amides is 3. The lowest BCUT2D eigenvalue weighted by Gasteiger charge is -2.37. The van der Waals surface area contributed by atoms with Gasteiger partial charge in [-0.1, -0.05) is 55.5 Å². The van der Waals surface area contributed by atoms with Gasteiger partial charge in [0, 0.05) is 31.9 Å². The first-order chi connectivity index (χ1) is 20.3. The molecule has 4 saturated heterocycles. The molecular formula is C32H40N4O6. The minimum Gasteiger partial charge on any atom is -0.394 e. The molecule has 0 aromatic heterocycles. The molecule has 0 radical (unpaired) electrons. The summed E-state index contributed by atoms with van der Waals surface area (Å²) in [5, 5.41) is 16.7. The molecule has 3 unspecified atom stereocenters. The number of hydrogen-bond acceptors (Lipinski definition) is 7. The van der Waals surface area contributed by atoms with Gasteiger partial charge in [0.25, 0.3) is 0 Å². The predicted molar refractivity (Wildman–Crippen MR) is 155 cm³/mol. The lowest BCUT2D eigenvalue weighted by Crippen LogP contribution is -2.57. The minimum atomic E-state index is -1.20. The monoisotopic (exact) mass is 576 g/mol. The lowest BCUT2D eigenvalue weighted by molar-refractivity contribution is -0.150. The highest BCUT2D eigenvalue weighted by Crippen LogP contribution is 2.66. The molecular weight excluding hydrogens is 536 g/mol. The van der Waals surface area contributed by atoms with Crippen molar-refractivity contribution in [1.82, 2.24) is 15.1 Å². The van der Waals surface area contributed by atoms with Gasteiger partial charge < -0.3 is 30.1 Å². The molecule has 0 aliphatic carbocycles. The van der Waals surface area contributed by atoms with Gasteiger partial charge in [-0.2, -0.15) is 0 Å². The molecule has 0 saturated carbocycles. The van der Waals surface area contributed by atoms with Gasteiger partial charge in [-0.15, -0.1) is 0 Å². The van der Waals surface area contributed by atoms with Crippen molar-refractivity contribution in [1.29, 1.82) is 0 Å². The molecule has 6 rings (SSSR count). The number of benzene rings is 2. The Kier molecular flexibility index (Phi) is 7.82. The summed E-state index contributed by atoms with van der Waals surface area (Å²) >= 11 is 0. The third kappa shape index (κ3) is 4.70. The molecule has 2 aromatic rings. The maximum absolute atomic E-state index is 14.6. The number of fused-ring (bicyclic) bond motifs is 1. The van der Waals surface area contributed by atoms with Gasteiger partial charge in [0.15, 0.2) is 0 Å². The molecule has 224 valence electrons. The van der Waals surface area contributed by atoms with Crippen molar-refractivity contribution >= 4 is 23.4 Å². The third-order valence-corrected chi connectivity index (χ3v) is 9.85. The van der Waals surface area contributed by atoms with Crippen LogP contribution in [0.1, 0.15) is 31.9 Å². The first-order valence-corrected chi connectivity index (χ1v) is 14.9. The van der Waals surface area contributed by atoms with Crippen molar-refractivity contribution in [2.45, 2.75) is 43.6 Å². The quantitative estimate of drug-likeness (QED) is 0.417. The normalized spacial score (nSPS) is 32.9. The van der Waals surface area contributed by atoms with Gasteiger partial charge in [0.2, 0.25) is 17.7 Å². The molecule has 4 fully saturated rings. The Morgan fingerprint density at radius 1 is 1.05 bits per heavy atom. The van der Waals surface area contributed by atoms with Crippen LogP contribution in [0.2, 0.25) is 0 Å². The van der Waals surface area contributed by atoms with Crippen LogP contribution in [-0.4, -0.2) is 95.9 Å². The van der Waals surface area contributed by atoms with Crippen LogP contribution in [-0.2, 0) is 23.9 Å². The van der Waals surface area contributed by atoms with Crippen LogP contribution in [0.3, 0.4) is 0 Å². The van der Waals surface area contributed by atoms with E-state index >= 15 is 0 Å². The van der Waals surface area contributed by atoms with Crippen LogP contribution >= 0.6 is 0 Å². The van der Waals surface area contributed by atoms with Gasteiger partial charge in [0.1, 0.15) is 11.6 Å². The summed E-state index contributed by atoms with van der Waals surface area (Å²) < 4.78 is 12.3. The van der Waals surface area contributed by atoms with Gasteiger partial charge in [-0.05, 0) is 37.0 Å². The van der Waals surface area contributed by atoms with E-state index in [0.717, 1.165) is 18.7 Å². The van der Waals surface area contributed by atoms with Gasteiger partial charge in [-0.3, -0.25) is 19.3 Å². The molecule has 2 bridgehead atoms. The molecule has 3 amide bonds. The standard InChI is InChI=1S/C32H40N4O6/c1-21-19-32-26(25(31(21,2)42-32)28(38)34-23-11-7-4-8-12-23)30(40)36(24(20-37)22-9-5-3-6-10-22)27(32)29(39)33-13-14-35-15-17-41-18-16-35/h3-12,21,24-27,37H,13-20H2,1-2H3,(H,33,39)(H,34,38)/t21?,24-,25+,26+,27?,31-,32?/m1/s1. The molecule has 7 atom stereocenters. The summed E-state index contributed by atoms with van der Waals surface area (Å²) in [5.74, 6) is -2.72. The van der Waals surface area contributed by atoms with Crippen LogP contribution in [0, 0.1) is 17.8 Å². The number of carbonyl (C=O) groups excluding carboxylic acids is 3. The Hall–Kier alpha value is -3.31. The van der Waals surface area contributed by atoms with E-state index in [1.165, 1.54) is 4.90 Å². The second-order valence-electron chi connectivity index (χ2n) is 12.2. The fourth-order valence-corrected chi connectivity index (χ4v) is 7.74. The van der Waals surface area contributed by atoms with E-state index in [2.05, 4.69) is 15.5 Å². The Morgan fingerprint density at radius 3 is 2.38 bits per heavy atom. The Morgan fingerprint density at radius 2 is 1.71 bits per heavy atom. The Balaban J connectivity index is 1.35. The van der Waals surface area contributed by atoms with Crippen LogP contribution in [0.4, 0.5) is 5.69 Å². The number of aliphatic hydroxyl groups is 1. The van der Waals surface area contributed by atoms with Crippen molar-refractivity contribution in [3.63, 3.8) is 0 Å². The lowest BCUT2D eigenvalue weighted by atomic mass is 9.62. The zero-order chi connectivity index (χ0) is 29.5. The van der Waals surface area contributed by atoms with Gasteiger partial charge in [0.05, 0.1) is 43.3 Å². The predicted octanol–water partition coefficient (Wildman–Crippen LogP) is 1.82. The van der Waals surface area contributed by atoms with Crippen molar-refractivity contribution in [3.05, 3.63) is 66.2 Å². The Labute approximate surface area is 246 Å². The average molecular weight is 577 g/mol. The molecule has 3 N–H and O–H groups in total. The highest BCUT2D eigenvalue weighted by Gasteiger charge is 2.80. The molecule has 10 nitrogen and oxygen atoms in total. The first-order valence-electron chi connectivity index (χ1n) is 14.9. The number of aliphatic hydroxyl groups excluding tert-OH is 1. The minimum absolute atomic E-state index is 0.0824. The highest BCUT2D eigenvalue weighted by molar-refractivity contribution is 6.02. The molecule has 1 spiro atoms. The molecule has 4 heterocycles. The van der Waals surface area contributed by atoms with E-state index in [1.807, 2.05) is 62.4 Å². The van der Waals surface area contributed by atoms with Crippen molar-refractivity contribution in [2.24, 2.45) is 17.8 Å². The maximum Gasteiger partial charge on any atom is 0.245 e. The molecule has 4 aliphatic rings. The van der Waals surface area contributed by atoms with E-state index < -0.39 is 35.1 Å². The number of carbonyl (C=O) groups is 3. The summed E-state index contributed by atoms with van der Waals surface area (Å²) in [4.78, 5) is 46.4. The fourth-order valence-electron chi connectivity index (χ4n) is 7.74. The Bertz CT molecular complexity index is 1300. The van der Waals surface area contributed by atoms with Crippen LogP contribution in [0.5, 0.6) is 0 Å². The summed E-state index contributed by atoms with van der Waals surface area (Å²) in [6, 6.07) is 16.6. The van der Waals surface area contributed by atoms with Crippen LogP contribution in [0.15, 0.2) is 60.7 Å². The molecule has 4 aliphatic heterocycles. The fraction of sp³-hybridized carbons (Fsp3) is 0.531. The van der Waals surface area contributed by atoms with E-state index in [0.29, 0.717) is 38.4 Å². The van der Waals surface area contributed by atoms with E-state index in [9.17, 15) is 19.5 Å². The largest absolute Gasteiger partial charge is 0.394 e. The average Bonchev–Trinajstić information content (AvgIpc) is 3.52. The number of likely N-dealkylation sites (tertiary alicyclic amines) is 1. The van der Waals surface area contributed by atoms with Crippen molar-refractivity contribution < 1.29 is 29.0 Å². The topological polar surface area (TPSA) is 120 Å². The number of para-hydroxylation sites is 1. The highest BCUT2D eigenvalue weighted by atomic mass is 16.5. The van der Waals surface area contributed by atoms with Crippen LogP contribution < -0.4 is 10.6 Å². The van der Waals surface area contributed by atoms with E-state index in [4.69, 9.17) is 9.47 Å². The van der Waals surface area contributed by atoms with Crippen molar-refractivity contribution in [2.75, 3.05) is 51.3 Å². The number of morpholine rings is 1. The number of hydrogen-bond donors (Lipinski definition) is 3. The number of nitrogens with zero attached hydrogens (tertiary/aromatic N) is 2. The number of nitrogens with one attached hydrogen (secondary N) is 2. The summed E-state index contributed by atoms with van der Waals surface area (Å²) in [7, 11) is 0. The molecule has 42 heavy (non-hydrogen) atoms. The van der Waals surface area contributed by atoms with Crippen molar-refractivity contribution in [3.8, 4) is 0 Å². The smallest absolute Gasteiger partial charge is 0.245 e. The van der Waals surface area contributed by atoms with Gasteiger partial charge >= 0.3 is 0 Å². The summed E-state index contributed by atoms with van der Waals surface area (Å²) in [6.07, 6.45) is 0.458. The van der Waals surface area contributed by atoms with Crippen LogP contribution in [0.25, 0.3) is 0 Å². The number of anilines is 1. The second kappa shape index (κ2) is 11.4. The zero-order valence-electron chi connectivity index (χ0n) is 24.2. The number of rotatable bonds is 9. The molecule has 10 heteroatoms. The third-order valence-electron chi connectivity index (χ3n) is 9.85. The van der Waals surface area contributed by atoms with E-state index in [1.54, 1.807) is 12.1 Å². The van der Waals surface area contributed by atoms with Gasteiger partial charge in [-0.25, -0.2) is 0 Å².